The molecule has 0 spiro atoms. The van der Waals surface area contributed by atoms with Gasteiger partial charge in [0.25, 0.3) is 0 Å². The van der Waals surface area contributed by atoms with Crippen LogP contribution in [0.25, 0.3) is 0 Å². The topological polar surface area (TPSA) is 22.1 Å². The fourth-order valence-corrected chi connectivity index (χ4v) is 2.04. The number of aromatic nitrogens is 1. The van der Waals surface area contributed by atoms with Gasteiger partial charge in [-0.05, 0) is 31.4 Å². The van der Waals surface area contributed by atoms with Gasteiger partial charge in [-0.1, -0.05) is 18.2 Å². The van der Waals surface area contributed by atoms with Crippen molar-refractivity contribution in [2.75, 3.05) is 0 Å². The summed E-state index contributed by atoms with van der Waals surface area (Å²) in [5, 5.41) is 0. The molecule has 0 aliphatic carbocycles. The van der Waals surface area contributed by atoms with Crippen LogP contribution in [-0.4, -0.2) is 4.98 Å². The zero-order valence-electron chi connectivity index (χ0n) is 9.23. The Balaban J connectivity index is 2.10. The molecule has 1 aromatic heterocycles. The second-order valence-electron chi connectivity index (χ2n) is 4.14. The summed E-state index contributed by atoms with van der Waals surface area (Å²) in [5.41, 5.74) is 3.47. The summed E-state index contributed by atoms with van der Waals surface area (Å²) in [6.45, 7) is 1.99. The van der Waals surface area contributed by atoms with Crippen molar-refractivity contribution in [3.63, 3.8) is 0 Å². The van der Waals surface area contributed by atoms with Crippen molar-refractivity contribution in [2.24, 2.45) is 0 Å². The van der Waals surface area contributed by atoms with Crippen molar-refractivity contribution >= 4 is 0 Å². The van der Waals surface area contributed by atoms with Crippen molar-refractivity contribution in [3.8, 4) is 11.5 Å². The number of hydrogen-bond donors (Lipinski definition) is 0. The standard InChI is InChI=1S/C14H13NO/c1-10-8-14-12(9-15-10)7-6-11-4-2-3-5-13(11)16-14/h2-5,8-9H,6-7H2,1H3. The fourth-order valence-electron chi connectivity index (χ4n) is 2.04. The first kappa shape index (κ1) is 9.40. The molecular weight excluding hydrogens is 198 g/mol. The van der Waals surface area contributed by atoms with Crippen LogP contribution in [0, 0.1) is 6.92 Å². The molecule has 0 radical (unpaired) electrons. The zero-order valence-corrected chi connectivity index (χ0v) is 9.23. The Morgan fingerprint density at radius 3 is 2.81 bits per heavy atom. The van der Waals surface area contributed by atoms with Crippen molar-refractivity contribution in [3.05, 3.63) is 53.3 Å². The first-order valence-corrected chi connectivity index (χ1v) is 5.54. The molecule has 1 aliphatic heterocycles. The highest BCUT2D eigenvalue weighted by molar-refractivity contribution is 5.44. The Morgan fingerprint density at radius 2 is 1.88 bits per heavy atom. The average molecular weight is 211 g/mol. The van der Waals surface area contributed by atoms with E-state index in [1.807, 2.05) is 31.3 Å². The molecule has 0 atom stereocenters. The number of para-hydroxylation sites is 1. The van der Waals surface area contributed by atoms with Gasteiger partial charge in [0.2, 0.25) is 0 Å². The van der Waals surface area contributed by atoms with Crippen LogP contribution in [0.3, 0.4) is 0 Å². The van der Waals surface area contributed by atoms with Gasteiger partial charge in [0.05, 0.1) is 0 Å². The van der Waals surface area contributed by atoms with Gasteiger partial charge in [-0.2, -0.15) is 0 Å². The first-order valence-electron chi connectivity index (χ1n) is 5.54. The van der Waals surface area contributed by atoms with Gasteiger partial charge in [0.15, 0.2) is 0 Å². The van der Waals surface area contributed by atoms with Gasteiger partial charge < -0.3 is 4.74 Å². The highest BCUT2D eigenvalue weighted by Gasteiger charge is 2.14. The molecule has 0 saturated carbocycles. The van der Waals surface area contributed by atoms with Crippen LogP contribution < -0.4 is 4.74 Å². The fraction of sp³-hybridized carbons (Fsp3) is 0.214. The van der Waals surface area contributed by atoms with E-state index >= 15 is 0 Å². The number of nitrogens with zero attached hydrogens (tertiary/aromatic N) is 1. The molecule has 16 heavy (non-hydrogen) atoms. The number of ether oxygens (including phenoxy) is 1. The minimum absolute atomic E-state index is 0.956. The lowest BCUT2D eigenvalue weighted by Crippen LogP contribution is -1.91. The maximum Gasteiger partial charge on any atom is 0.133 e. The third-order valence-corrected chi connectivity index (χ3v) is 2.94. The van der Waals surface area contributed by atoms with Gasteiger partial charge in [-0.3, -0.25) is 4.98 Å². The number of pyridine rings is 1. The van der Waals surface area contributed by atoms with E-state index in [0.717, 1.165) is 30.0 Å². The van der Waals surface area contributed by atoms with Gasteiger partial charge in [-0.15, -0.1) is 0 Å². The van der Waals surface area contributed by atoms with Crippen LogP contribution >= 0.6 is 0 Å². The van der Waals surface area contributed by atoms with Crippen molar-refractivity contribution < 1.29 is 4.74 Å². The molecule has 0 N–H and O–H groups in total. The van der Waals surface area contributed by atoms with E-state index in [4.69, 9.17) is 4.74 Å². The van der Waals surface area contributed by atoms with Gasteiger partial charge in [-0.25, -0.2) is 0 Å². The quantitative estimate of drug-likeness (QED) is 0.667. The van der Waals surface area contributed by atoms with Crippen molar-refractivity contribution in [2.45, 2.75) is 19.8 Å². The van der Waals surface area contributed by atoms with E-state index in [-0.39, 0.29) is 0 Å². The molecule has 0 bridgehead atoms. The highest BCUT2D eigenvalue weighted by atomic mass is 16.5. The molecular formula is C14H13NO. The Bertz CT molecular complexity index is 534. The van der Waals surface area contributed by atoms with E-state index in [0.29, 0.717) is 0 Å². The third kappa shape index (κ3) is 1.56. The second-order valence-corrected chi connectivity index (χ2v) is 4.14. The molecule has 3 rings (SSSR count). The lowest BCUT2D eigenvalue weighted by Gasteiger charge is -2.08. The van der Waals surface area contributed by atoms with Crippen molar-refractivity contribution in [1.82, 2.24) is 4.98 Å². The average Bonchev–Trinajstić information content (AvgIpc) is 2.47. The summed E-state index contributed by atoms with van der Waals surface area (Å²) in [4.78, 5) is 4.32. The highest BCUT2D eigenvalue weighted by Crippen LogP contribution is 2.33. The number of fused-ring (bicyclic) bond motifs is 2. The van der Waals surface area contributed by atoms with Gasteiger partial charge >= 0.3 is 0 Å². The van der Waals surface area contributed by atoms with Crippen molar-refractivity contribution in [1.29, 1.82) is 0 Å². The lowest BCUT2D eigenvalue weighted by molar-refractivity contribution is 0.478. The predicted octanol–water partition coefficient (Wildman–Crippen LogP) is 3.28. The smallest absolute Gasteiger partial charge is 0.133 e. The van der Waals surface area contributed by atoms with Crippen LogP contribution in [-0.2, 0) is 12.8 Å². The predicted molar refractivity (Wildman–Crippen MR) is 62.9 cm³/mol. The SMILES string of the molecule is Cc1cc2c(cn1)CCc1ccccc1O2. The van der Waals surface area contributed by atoms with E-state index in [1.165, 1.54) is 11.1 Å². The summed E-state index contributed by atoms with van der Waals surface area (Å²) in [6.07, 6.45) is 3.95. The molecule has 0 unspecified atom stereocenters. The maximum absolute atomic E-state index is 5.94. The molecule has 1 aromatic carbocycles. The molecule has 0 amide bonds. The number of hydrogen-bond acceptors (Lipinski definition) is 2. The summed E-state index contributed by atoms with van der Waals surface area (Å²) in [7, 11) is 0. The molecule has 2 nitrogen and oxygen atoms in total. The van der Waals surface area contributed by atoms with E-state index in [2.05, 4.69) is 17.1 Å². The van der Waals surface area contributed by atoms with Crippen LogP contribution in [0.15, 0.2) is 36.5 Å². The summed E-state index contributed by atoms with van der Waals surface area (Å²) in [6, 6.07) is 10.2. The summed E-state index contributed by atoms with van der Waals surface area (Å²) in [5.74, 6) is 1.93. The lowest BCUT2D eigenvalue weighted by atomic mass is 10.1. The third-order valence-electron chi connectivity index (χ3n) is 2.94. The molecule has 80 valence electrons. The second kappa shape index (κ2) is 3.63. The number of benzene rings is 1. The normalized spacial score (nSPS) is 13.3. The molecule has 0 fully saturated rings. The minimum Gasteiger partial charge on any atom is -0.457 e. The van der Waals surface area contributed by atoms with Gasteiger partial charge in [0.1, 0.15) is 11.5 Å². The van der Waals surface area contributed by atoms with E-state index in [9.17, 15) is 0 Å². The molecule has 2 heterocycles. The molecule has 0 saturated heterocycles. The van der Waals surface area contributed by atoms with Crippen LogP contribution in [0.2, 0.25) is 0 Å². The van der Waals surface area contributed by atoms with Crippen LogP contribution in [0.1, 0.15) is 16.8 Å². The first-order chi connectivity index (χ1) is 7.83. The Labute approximate surface area is 94.9 Å². The van der Waals surface area contributed by atoms with E-state index in [1.54, 1.807) is 0 Å². The zero-order chi connectivity index (χ0) is 11.0. The number of aryl methyl sites for hydroxylation is 3. The van der Waals surface area contributed by atoms with Crippen LogP contribution in [0.4, 0.5) is 0 Å². The van der Waals surface area contributed by atoms with E-state index < -0.39 is 0 Å². The molecule has 2 aromatic rings. The van der Waals surface area contributed by atoms with Gasteiger partial charge in [0, 0.05) is 23.5 Å². The molecule has 1 aliphatic rings. The monoisotopic (exact) mass is 211 g/mol. The maximum atomic E-state index is 5.94. The Kier molecular flexibility index (Phi) is 2.13. The summed E-state index contributed by atoms with van der Waals surface area (Å²) < 4.78 is 5.94. The van der Waals surface area contributed by atoms with Crippen LogP contribution in [0.5, 0.6) is 11.5 Å². The Morgan fingerprint density at radius 1 is 1.06 bits per heavy atom. The Hall–Kier alpha value is -1.83. The minimum atomic E-state index is 0.956. The summed E-state index contributed by atoms with van der Waals surface area (Å²) >= 11 is 0. The molecule has 2 heteroatoms. The largest absolute Gasteiger partial charge is 0.457 e. The number of rotatable bonds is 0.